The molecule has 7 nitrogen and oxygen atoms in total. The second-order valence-corrected chi connectivity index (χ2v) is 11.9. The summed E-state index contributed by atoms with van der Waals surface area (Å²) in [6.45, 7) is 6.82. The number of rotatable bonds is 17. The first kappa shape index (κ1) is 30.7. The Balaban J connectivity index is 1.47. The van der Waals surface area contributed by atoms with Crippen LogP contribution >= 0.6 is 0 Å². The van der Waals surface area contributed by atoms with Crippen molar-refractivity contribution in [2.24, 2.45) is 11.8 Å². The molecule has 2 fully saturated rings. The van der Waals surface area contributed by atoms with E-state index in [1.807, 2.05) is 6.07 Å². The Labute approximate surface area is 240 Å². The van der Waals surface area contributed by atoms with Gasteiger partial charge in [0, 0.05) is 51.9 Å². The van der Waals surface area contributed by atoms with Crippen LogP contribution in [0.15, 0.2) is 39.9 Å². The second-order valence-electron chi connectivity index (χ2n) is 11.9. The fourth-order valence-corrected chi connectivity index (χ4v) is 6.64. The first-order chi connectivity index (χ1) is 19.6. The summed E-state index contributed by atoms with van der Waals surface area (Å²) < 4.78 is 11.7. The molecule has 222 valence electrons. The monoisotopic (exact) mass is 553 g/mol. The van der Waals surface area contributed by atoms with Gasteiger partial charge in [-0.15, -0.1) is 0 Å². The molecule has 4 rings (SSSR count). The van der Waals surface area contributed by atoms with Gasteiger partial charge < -0.3 is 25.0 Å². The van der Waals surface area contributed by atoms with E-state index in [1.54, 1.807) is 7.11 Å². The smallest absolute Gasteiger partial charge is 0.253 e. The lowest BCUT2D eigenvalue weighted by atomic mass is 9.84. The van der Waals surface area contributed by atoms with Crippen molar-refractivity contribution in [2.75, 3.05) is 56.7 Å². The molecule has 1 aliphatic carbocycles. The highest BCUT2D eigenvalue weighted by Gasteiger charge is 2.34. The van der Waals surface area contributed by atoms with Gasteiger partial charge in [-0.05, 0) is 50.1 Å². The molecule has 7 heteroatoms. The maximum atomic E-state index is 13.0. The summed E-state index contributed by atoms with van der Waals surface area (Å²) in [5.41, 5.74) is 1.62. The van der Waals surface area contributed by atoms with E-state index in [0.29, 0.717) is 37.1 Å². The molecule has 3 atom stereocenters. The van der Waals surface area contributed by atoms with Crippen molar-refractivity contribution in [3.63, 3.8) is 0 Å². The van der Waals surface area contributed by atoms with Crippen molar-refractivity contribution in [2.45, 2.75) is 89.7 Å². The SMILES string of the molecule is CCCCNC[C@H](CC1CCCCC1)Nc1c(N2CCC[C@@H](C(OCCCOC)c3ccccc3)C2)c(=O)c1=O. The highest BCUT2D eigenvalue weighted by Crippen LogP contribution is 2.36. The molecule has 0 amide bonds. The van der Waals surface area contributed by atoms with Crippen molar-refractivity contribution < 1.29 is 9.47 Å². The van der Waals surface area contributed by atoms with Crippen LogP contribution in [-0.4, -0.2) is 52.5 Å². The summed E-state index contributed by atoms with van der Waals surface area (Å²) in [5, 5.41) is 7.19. The fraction of sp³-hybridized carbons (Fsp3) is 0.697. The molecule has 1 saturated heterocycles. The van der Waals surface area contributed by atoms with E-state index < -0.39 is 0 Å². The lowest BCUT2D eigenvalue weighted by Crippen LogP contribution is -2.49. The maximum Gasteiger partial charge on any atom is 0.253 e. The Hall–Kier alpha value is -2.22. The van der Waals surface area contributed by atoms with Crippen LogP contribution in [-0.2, 0) is 9.47 Å². The average Bonchev–Trinajstić information content (AvgIpc) is 3.00. The topological polar surface area (TPSA) is 79.9 Å². The van der Waals surface area contributed by atoms with E-state index >= 15 is 0 Å². The molecule has 1 saturated carbocycles. The fourth-order valence-electron chi connectivity index (χ4n) is 6.64. The first-order valence-electron chi connectivity index (χ1n) is 15.8. The number of nitrogens with zero attached hydrogens (tertiary/aromatic N) is 1. The minimum absolute atomic E-state index is 0.0504. The Kier molecular flexibility index (Phi) is 12.5. The van der Waals surface area contributed by atoms with Crippen molar-refractivity contribution in [1.82, 2.24) is 5.32 Å². The molecule has 1 heterocycles. The normalized spacial score (nSPS) is 20.1. The van der Waals surface area contributed by atoms with Crippen LogP contribution in [0, 0.1) is 11.8 Å². The van der Waals surface area contributed by atoms with E-state index in [2.05, 4.69) is 46.7 Å². The van der Waals surface area contributed by atoms with Crippen LogP contribution in [0.3, 0.4) is 0 Å². The quantitative estimate of drug-likeness (QED) is 0.200. The second kappa shape index (κ2) is 16.3. The predicted molar refractivity (Wildman–Crippen MR) is 164 cm³/mol. The molecule has 0 radical (unpaired) electrons. The number of hydrogen-bond acceptors (Lipinski definition) is 7. The Morgan fingerprint density at radius 1 is 0.975 bits per heavy atom. The van der Waals surface area contributed by atoms with Crippen LogP contribution in [0.25, 0.3) is 0 Å². The van der Waals surface area contributed by atoms with E-state index in [-0.39, 0.29) is 28.9 Å². The highest BCUT2D eigenvalue weighted by atomic mass is 16.5. The molecule has 40 heavy (non-hydrogen) atoms. The van der Waals surface area contributed by atoms with Crippen LogP contribution in [0.5, 0.6) is 0 Å². The van der Waals surface area contributed by atoms with E-state index in [4.69, 9.17) is 9.47 Å². The Bertz CT molecular complexity index is 1060. The number of nitrogens with one attached hydrogen (secondary N) is 2. The maximum absolute atomic E-state index is 13.0. The van der Waals surface area contributed by atoms with Gasteiger partial charge in [0.2, 0.25) is 0 Å². The standard InChI is InChI=1S/C33H51N3O4/c1-3-4-18-34-23-28(22-25-13-7-5-8-14-25)35-29-30(32(38)31(29)37)36-19-11-17-27(24-36)33(40-21-12-20-39-2)26-15-9-6-10-16-26/h6,9-10,15-16,25,27-28,33-35H,3-5,7-8,11-14,17-24H2,1-2H3/t27-,28+,33?/m1/s1. The molecule has 2 aliphatic rings. The van der Waals surface area contributed by atoms with E-state index in [0.717, 1.165) is 58.2 Å². The lowest BCUT2D eigenvalue weighted by Gasteiger charge is -2.39. The third-order valence-corrected chi connectivity index (χ3v) is 8.79. The summed E-state index contributed by atoms with van der Waals surface area (Å²) >= 11 is 0. The number of anilines is 2. The Morgan fingerprint density at radius 2 is 1.77 bits per heavy atom. The summed E-state index contributed by atoms with van der Waals surface area (Å²) in [5.74, 6) is 0.931. The molecule has 0 spiro atoms. The van der Waals surface area contributed by atoms with Gasteiger partial charge in [-0.1, -0.05) is 75.8 Å². The van der Waals surface area contributed by atoms with Gasteiger partial charge in [0.25, 0.3) is 10.9 Å². The van der Waals surface area contributed by atoms with Gasteiger partial charge >= 0.3 is 0 Å². The van der Waals surface area contributed by atoms with Crippen LogP contribution in [0.4, 0.5) is 11.4 Å². The molecule has 1 unspecified atom stereocenters. The number of unbranched alkanes of at least 4 members (excludes halogenated alkanes) is 1. The first-order valence-corrected chi connectivity index (χ1v) is 15.8. The van der Waals surface area contributed by atoms with E-state index in [9.17, 15) is 9.59 Å². The lowest BCUT2D eigenvalue weighted by molar-refractivity contribution is -0.00235. The zero-order valence-electron chi connectivity index (χ0n) is 24.8. The molecule has 2 aromatic carbocycles. The average molecular weight is 554 g/mol. The summed E-state index contributed by atoms with van der Waals surface area (Å²) in [6.07, 6.45) is 12.6. The zero-order valence-corrected chi connectivity index (χ0v) is 24.8. The number of ether oxygens (including phenoxy) is 2. The number of piperidine rings is 1. The summed E-state index contributed by atoms with van der Waals surface area (Å²) in [7, 11) is 1.71. The highest BCUT2D eigenvalue weighted by molar-refractivity contribution is 5.75. The largest absolute Gasteiger partial charge is 0.385 e. The van der Waals surface area contributed by atoms with Crippen molar-refractivity contribution in [1.29, 1.82) is 0 Å². The molecule has 1 aliphatic heterocycles. The van der Waals surface area contributed by atoms with Crippen LogP contribution in [0.1, 0.15) is 89.2 Å². The number of hydrogen-bond donors (Lipinski definition) is 2. The molecule has 0 aromatic heterocycles. The van der Waals surface area contributed by atoms with Crippen LogP contribution < -0.4 is 26.4 Å². The third kappa shape index (κ3) is 8.40. The van der Waals surface area contributed by atoms with Crippen molar-refractivity contribution in [3.05, 3.63) is 56.3 Å². The van der Waals surface area contributed by atoms with Crippen molar-refractivity contribution >= 4 is 11.4 Å². The molecule has 2 N–H and O–H groups in total. The molecule has 0 bridgehead atoms. The van der Waals surface area contributed by atoms with Crippen LogP contribution in [0.2, 0.25) is 0 Å². The van der Waals surface area contributed by atoms with Crippen molar-refractivity contribution in [3.8, 4) is 0 Å². The van der Waals surface area contributed by atoms with E-state index in [1.165, 1.54) is 37.7 Å². The third-order valence-electron chi connectivity index (χ3n) is 8.79. The minimum Gasteiger partial charge on any atom is -0.385 e. The van der Waals surface area contributed by atoms with Gasteiger partial charge in [-0.3, -0.25) is 9.59 Å². The molecular formula is C33H51N3O4. The van der Waals surface area contributed by atoms with Gasteiger partial charge in [0.15, 0.2) is 0 Å². The minimum atomic E-state index is -0.352. The predicted octanol–water partition coefficient (Wildman–Crippen LogP) is 5.43. The van der Waals surface area contributed by atoms with Gasteiger partial charge in [0.05, 0.1) is 6.10 Å². The summed E-state index contributed by atoms with van der Waals surface area (Å²) in [6, 6.07) is 10.6. The van der Waals surface area contributed by atoms with Gasteiger partial charge in [-0.2, -0.15) is 0 Å². The zero-order chi connectivity index (χ0) is 28.2. The number of benzene rings is 1. The summed E-state index contributed by atoms with van der Waals surface area (Å²) in [4.78, 5) is 28.1. The van der Waals surface area contributed by atoms with Gasteiger partial charge in [0.1, 0.15) is 11.4 Å². The Morgan fingerprint density at radius 3 is 2.52 bits per heavy atom. The number of methoxy groups -OCH3 is 1. The van der Waals surface area contributed by atoms with Gasteiger partial charge in [-0.25, -0.2) is 0 Å². The molecule has 2 aromatic rings. The molecular weight excluding hydrogens is 502 g/mol.